The van der Waals surface area contributed by atoms with Crippen LogP contribution < -0.4 is 5.32 Å². The second-order valence-corrected chi connectivity index (χ2v) is 5.63. The van der Waals surface area contributed by atoms with Gasteiger partial charge in [-0.25, -0.2) is 0 Å². The second kappa shape index (κ2) is 5.25. The number of rotatable bonds is 2. The zero-order valence-corrected chi connectivity index (χ0v) is 11.9. The highest BCUT2D eigenvalue weighted by molar-refractivity contribution is 5.83. The number of hydrogen-bond donors (Lipinski definition) is 1. The van der Waals surface area contributed by atoms with Gasteiger partial charge in [-0.3, -0.25) is 0 Å². The molecule has 1 fully saturated rings. The summed E-state index contributed by atoms with van der Waals surface area (Å²) in [5.74, 6) is 0. The Labute approximate surface area is 115 Å². The van der Waals surface area contributed by atoms with E-state index in [2.05, 4.69) is 52.3 Å². The summed E-state index contributed by atoms with van der Waals surface area (Å²) in [6, 6.07) is 9.54. The molecule has 3 rings (SSSR count). The second-order valence-electron chi connectivity index (χ2n) is 5.63. The van der Waals surface area contributed by atoms with Gasteiger partial charge in [-0.05, 0) is 63.7 Å². The first kappa shape index (κ1) is 12.5. The Kier molecular flexibility index (Phi) is 3.47. The highest BCUT2D eigenvalue weighted by atomic mass is 15.1. The van der Waals surface area contributed by atoms with E-state index in [-0.39, 0.29) is 0 Å². The fraction of sp³-hybridized carbons (Fsp3) is 0.500. The minimum atomic E-state index is 0.655. The molecular formula is C16H23N3. The molecule has 1 unspecified atom stereocenters. The van der Waals surface area contributed by atoms with Crippen molar-refractivity contribution < 1.29 is 0 Å². The maximum absolute atomic E-state index is 3.21. The van der Waals surface area contributed by atoms with Gasteiger partial charge in [0.25, 0.3) is 0 Å². The molecule has 0 bridgehead atoms. The number of likely N-dealkylation sites (tertiary alicyclic amines) is 1. The van der Waals surface area contributed by atoms with Crippen LogP contribution in [0.1, 0.15) is 25.3 Å². The molecule has 102 valence electrons. The van der Waals surface area contributed by atoms with Gasteiger partial charge < -0.3 is 14.8 Å². The molecule has 0 aliphatic carbocycles. The molecule has 1 saturated heterocycles. The summed E-state index contributed by atoms with van der Waals surface area (Å²) in [7, 11) is 4.20. The minimum Gasteiger partial charge on any atom is -0.388 e. The summed E-state index contributed by atoms with van der Waals surface area (Å²) in [5.41, 5.74) is 2.56. The number of nitrogens with one attached hydrogen (secondary N) is 1. The third-order valence-corrected chi connectivity index (χ3v) is 4.32. The lowest BCUT2D eigenvalue weighted by molar-refractivity contribution is 0.342. The molecule has 1 aliphatic rings. The van der Waals surface area contributed by atoms with Crippen molar-refractivity contribution in [3.05, 3.63) is 30.5 Å². The molecule has 1 aromatic carbocycles. The van der Waals surface area contributed by atoms with Crippen molar-refractivity contribution in [1.82, 2.24) is 9.47 Å². The van der Waals surface area contributed by atoms with Crippen molar-refractivity contribution in [2.75, 3.05) is 32.5 Å². The van der Waals surface area contributed by atoms with Gasteiger partial charge in [0.1, 0.15) is 0 Å². The molecule has 1 N–H and O–H groups in total. The SMILES string of the molecule is CNc1ccc2c(ccn2C2CCCN(C)CC2)c1. The quantitative estimate of drug-likeness (QED) is 0.890. The van der Waals surface area contributed by atoms with Gasteiger partial charge in [0.05, 0.1) is 0 Å². The van der Waals surface area contributed by atoms with E-state index in [1.54, 1.807) is 0 Å². The molecule has 0 spiro atoms. The Hall–Kier alpha value is -1.48. The van der Waals surface area contributed by atoms with Crippen LogP contribution >= 0.6 is 0 Å². The summed E-state index contributed by atoms with van der Waals surface area (Å²) in [4.78, 5) is 2.45. The van der Waals surface area contributed by atoms with Crippen molar-refractivity contribution >= 4 is 16.6 Å². The van der Waals surface area contributed by atoms with E-state index in [9.17, 15) is 0 Å². The van der Waals surface area contributed by atoms with Crippen LogP contribution in [0.15, 0.2) is 30.5 Å². The van der Waals surface area contributed by atoms with Crippen LogP contribution in [0.4, 0.5) is 5.69 Å². The van der Waals surface area contributed by atoms with Crippen molar-refractivity contribution in [3.8, 4) is 0 Å². The number of nitrogens with zero attached hydrogens (tertiary/aromatic N) is 2. The molecule has 2 aromatic rings. The molecule has 0 saturated carbocycles. The number of anilines is 1. The monoisotopic (exact) mass is 257 g/mol. The van der Waals surface area contributed by atoms with Crippen LogP contribution in [0.25, 0.3) is 10.9 Å². The Morgan fingerprint density at radius 3 is 2.89 bits per heavy atom. The van der Waals surface area contributed by atoms with Gasteiger partial charge >= 0.3 is 0 Å². The van der Waals surface area contributed by atoms with Crippen LogP contribution in [0, 0.1) is 0 Å². The van der Waals surface area contributed by atoms with E-state index in [0.29, 0.717) is 6.04 Å². The van der Waals surface area contributed by atoms with E-state index in [1.165, 1.54) is 48.9 Å². The third-order valence-electron chi connectivity index (χ3n) is 4.32. The van der Waals surface area contributed by atoms with Gasteiger partial charge in [0.15, 0.2) is 0 Å². The molecule has 0 amide bonds. The fourth-order valence-electron chi connectivity index (χ4n) is 3.14. The normalized spacial score (nSPS) is 21.5. The number of benzene rings is 1. The Bertz CT molecular complexity index is 558. The van der Waals surface area contributed by atoms with Gasteiger partial charge in [0, 0.05) is 35.9 Å². The topological polar surface area (TPSA) is 20.2 Å². The number of aromatic nitrogens is 1. The zero-order valence-electron chi connectivity index (χ0n) is 11.9. The van der Waals surface area contributed by atoms with Gasteiger partial charge in [0.2, 0.25) is 0 Å². The largest absolute Gasteiger partial charge is 0.388 e. The van der Waals surface area contributed by atoms with E-state index >= 15 is 0 Å². The zero-order chi connectivity index (χ0) is 13.2. The standard InChI is InChI=1S/C16H23N3/c1-17-14-5-6-16-13(12-14)7-11-19(16)15-4-3-9-18(2)10-8-15/h5-7,11-12,15,17H,3-4,8-10H2,1-2H3. The van der Waals surface area contributed by atoms with Crippen LogP contribution in [0.5, 0.6) is 0 Å². The predicted molar refractivity (Wildman–Crippen MR) is 81.9 cm³/mol. The first-order valence-electron chi connectivity index (χ1n) is 7.25. The summed E-state index contributed by atoms with van der Waals surface area (Å²) >= 11 is 0. The molecule has 1 aromatic heterocycles. The molecule has 3 heteroatoms. The molecular weight excluding hydrogens is 234 g/mol. The first-order valence-corrected chi connectivity index (χ1v) is 7.25. The molecule has 0 radical (unpaired) electrons. The highest BCUT2D eigenvalue weighted by Gasteiger charge is 2.17. The van der Waals surface area contributed by atoms with Crippen LogP contribution in [-0.2, 0) is 0 Å². The van der Waals surface area contributed by atoms with Crippen molar-refractivity contribution in [3.63, 3.8) is 0 Å². The highest BCUT2D eigenvalue weighted by Crippen LogP contribution is 2.28. The van der Waals surface area contributed by atoms with Gasteiger partial charge in [-0.1, -0.05) is 0 Å². The summed E-state index contributed by atoms with van der Waals surface area (Å²) in [6.07, 6.45) is 6.12. The van der Waals surface area contributed by atoms with Gasteiger partial charge in [-0.15, -0.1) is 0 Å². The number of hydrogen-bond acceptors (Lipinski definition) is 2. The van der Waals surface area contributed by atoms with E-state index in [1.807, 2.05) is 7.05 Å². The van der Waals surface area contributed by atoms with E-state index in [4.69, 9.17) is 0 Å². The van der Waals surface area contributed by atoms with E-state index < -0.39 is 0 Å². The average Bonchev–Trinajstić information content (AvgIpc) is 2.73. The van der Waals surface area contributed by atoms with Crippen molar-refractivity contribution in [2.24, 2.45) is 0 Å². The summed E-state index contributed by atoms with van der Waals surface area (Å²) in [5, 5.41) is 4.55. The maximum atomic E-state index is 3.21. The lowest BCUT2D eigenvalue weighted by Gasteiger charge is -2.18. The average molecular weight is 257 g/mol. The lowest BCUT2D eigenvalue weighted by atomic mass is 10.1. The van der Waals surface area contributed by atoms with Gasteiger partial charge in [-0.2, -0.15) is 0 Å². The fourth-order valence-corrected chi connectivity index (χ4v) is 3.14. The van der Waals surface area contributed by atoms with Crippen LogP contribution in [0.3, 0.4) is 0 Å². The molecule has 19 heavy (non-hydrogen) atoms. The predicted octanol–water partition coefficient (Wildman–Crippen LogP) is 3.34. The van der Waals surface area contributed by atoms with Crippen molar-refractivity contribution in [2.45, 2.75) is 25.3 Å². The molecule has 1 atom stereocenters. The van der Waals surface area contributed by atoms with E-state index in [0.717, 1.165) is 0 Å². The Morgan fingerprint density at radius 1 is 1.16 bits per heavy atom. The summed E-state index contributed by atoms with van der Waals surface area (Å²) < 4.78 is 2.48. The maximum Gasteiger partial charge on any atom is 0.0484 e. The third kappa shape index (κ3) is 2.47. The summed E-state index contributed by atoms with van der Waals surface area (Å²) in [6.45, 7) is 2.44. The molecule has 2 heterocycles. The number of fused-ring (bicyclic) bond motifs is 1. The Balaban J connectivity index is 1.92. The molecule has 3 nitrogen and oxygen atoms in total. The van der Waals surface area contributed by atoms with Crippen LogP contribution in [0.2, 0.25) is 0 Å². The van der Waals surface area contributed by atoms with Crippen LogP contribution in [-0.4, -0.2) is 36.7 Å². The molecule has 1 aliphatic heterocycles. The lowest BCUT2D eigenvalue weighted by Crippen LogP contribution is -2.19. The smallest absolute Gasteiger partial charge is 0.0484 e. The minimum absolute atomic E-state index is 0.655. The Morgan fingerprint density at radius 2 is 2.05 bits per heavy atom. The first-order chi connectivity index (χ1) is 9.28. The van der Waals surface area contributed by atoms with Crippen molar-refractivity contribution in [1.29, 1.82) is 0 Å².